The number of carbonyl (C=O) groups excluding carboxylic acids is 1. The normalized spacial score (nSPS) is 12.6. The molecule has 11 heteroatoms. The maximum absolute atomic E-state index is 14.4. The van der Waals surface area contributed by atoms with Crippen molar-refractivity contribution in [2.45, 2.75) is 19.6 Å². The summed E-state index contributed by atoms with van der Waals surface area (Å²) in [5.74, 6) is -2.62. The van der Waals surface area contributed by atoms with Crippen molar-refractivity contribution in [3.8, 4) is 11.1 Å². The molecule has 5 N–H and O–H groups in total. The summed E-state index contributed by atoms with van der Waals surface area (Å²) in [4.78, 5) is 36.4. The second-order valence-electron chi connectivity index (χ2n) is 9.01. The van der Waals surface area contributed by atoms with Gasteiger partial charge in [0.1, 0.15) is 5.69 Å². The molecule has 0 saturated carbocycles. The Bertz CT molecular complexity index is 1550. The smallest absolute Gasteiger partial charge is 0.407 e. The van der Waals surface area contributed by atoms with Gasteiger partial charge in [0.2, 0.25) is 5.95 Å². The molecule has 3 aromatic carbocycles. The fourth-order valence-electron chi connectivity index (χ4n) is 4.69. The Kier molecular flexibility index (Phi) is 6.60. The molecule has 0 saturated heterocycles. The average molecular weight is 519 g/mol. The fraction of sp³-hybridized carbons (Fsp3) is 0.185. The van der Waals surface area contributed by atoms with Gasteiger partial charge in [0.15, 0.2) is 11.6 Å². The lowest BCUT2D eigenvalue weighted by atomic mass is 9.96. The molecule has 1 aromatic heterocycles. The van der Waals surface area contributed by atoms with Gasteiger partial charge in [-0.3, -0.25) is 4.79 Å². The molecule has 194 valence electrons. The van der Waals surface area contributed by atoms with Crippen molar-refractivity contribution >= 4 is 28.9 Å². The number of amides is 2. The Hall–Kier alpha value is -4.64. The summed E-state index contributed by atoms with van der Waals surface area (Å²) in [5, 5.41) is 9.90. The van der Waals surface area contributed by atoms with Crippen LogP contribution in [0.5, 0.6) is 0 Å². The summed E-state index contributed by atoms with van der Waals surface area (Å²) in [6.07, 6.45) is -1.24. The van der Waals surface area contributed by atoms with Crippen molar-refractivity contribution in [1.29, 1.82) is 0 Å². The second kappa shape index (κ2) is 10.0. The lowest BCUT2D eigenvalue weighted by Gasteiger charge is -2.21. The first kappa shape index (κ1) is 25.0. The number of hydrogen-bond acceptors (Lipinski definition) is 6. The highest BCUT2D eigenvalue weighted by atomic mass is 19.2. The largest absolute Gasteiger partial charge is 0.465 e. The SMILES string of the molecule is NCCN(Cc1cc(F)c(F)cc1-c1ccc2nc(N)nc(C(=O)N3Cc4ccccc4C3)c2c1)C(=O)O. The maximum atomic E-state index is 14.4. The van der Waals surface area contributed by atoms with Crippen LogP contribution in [0, 0.1) is 11.6 Å². The van der Waals surface area contributed by atoms with Crippen LogP contribution in [0.15, 0.2) is 54.6 Å². The Morgan fingerprint density at radius 3 is 2.34 bits per heavy atom. The van der Waals surface area contributed by atoms with Gasteiger partial charge in [-0.15, -0.1) is 0 Å². The molecule has 1 aliphatic rings. The highest BCUT2D eigenvalue weighted by molar-refractivity contribution is 6.06. The highest BCUT2D eigenvalue weighted by Gasteiger charge is 2.27. The number of carbonyl (C=O) groups is 2. The second-order valence-corrected chi connectivity index (χ2v) is 9.01. The molecule has 2 heterocycles. The van der Waals surface area contributed by atoms with E-state index < -0.39 is 17.7 Å². The summed E-state index contributed by atoms with van der Waals surface area (Å²) < 4.78 is 28.6. The number of hydrogen-bond donors (Lipinski definition) is 3. The van der Waals surface area contributed by atoms with Crippen LogP contribution in [-0.4, -0.2) is 50.0 Å². The van der Waals surface area contributed by atoms with Gasteiger partial charge in [-0.25, -0.2) is 23.5 Å². The minimum Gasteiger partial charge on any atom is -0.465 e. The Morgan fingerprint density at radius 2 is 1.68 bits per heavy atom. The average Bonchev–Trinajstić information content (AvgIpc) is 3.33. The molecular formula is C27H24F2N6O3. The van der Waals surface area contributed by atoms with E-state index in [0.717, 1.165) is 28.2 Å². The molecule has 0 fully saturated rings. The summed E-state index contributed by atoms with van der Waals surface area (Å²) in [7, 11) is 0. The number of nitrogens with zero attached hydrogens (tertiary/aromatic N) is 4. The van der Waals surface area contributed by atoms with Crippen LogP contribution >= 0.6 is 0 Å². The number of fused-ring (bicyclic) bond motifs is 2. The zero-order valence-electron chi connectivity index (χ0n) is 20.2. The maximum Gasteiger partial charge on any atom is 0.407 e. The van der Waals surface area contributed by atoms with Crippen LogP contribution in [0.4, 0.5) is 19.5 Å². The minimum absolute atomic E-state index is 0.00940. The third-order valence-corrected chi connectivity index (χ3v) is 6.53. The number of benzene rings is 3. The first-order valence-corrected chi connectivity index (χ1v) is 11.8. The van der Waals surface area contributed by atoms with Gasteiger partial charge in [-0.2, -0.15) is 0 Å². The fourth-order valence-corrected chi connectivity index (χ4v) is 4.69. The van der Waals surface area contributed by atoms with Crippen LogP contribution in [0.2, 0.25) is 0 Å². The van der Waals surface area contributed by atoms with E-state index in [1.54, 1.807) is 23.1 Å². The molecule has 0 spiro atoms. The van der Waals surface area contributed by atoms with Gasteiger partial charge in [-0.1, -0.05) is 30.3 Å². The van der Waals surface area contributed by atoms with Crippen LogP contribution in [0.25, 0.3) is 22.0 Å². The van der Waals surface area contributed by atoms with E-state index >= 15 is 0 Å². The van der Waals surface area contributed by atoms with Gasteiger partial charge < -0.3 is 26.4 Å². The lowest BCUT2D eigenvalue weighted by Crippen LogP contribution is -2.33. The summed E-state index contributed by atoms with van der Waals surface area (Å²) in [5.41, 5.74) is 14.9. The van der Waals surface area contributed by atoms with Crippen LogP contribution < -0.4 is 11.5 Å². The third-order valence-electron chi connectivity index (χ3n) is 6.53. The van der Waals surface area contributed by atoms with E-state index in [1.165, 1.54) is 0 Å². The summed E-state index contributed by atoms with van der Waals surface area (Å²) in [6, 6.07) is 14.6. The van der Waals surface area contributed by atoms with E-state index in [2.05, 4.69) is 9.97 Å². The molecule has 9 nitrogen and oxygen atoms in total. The first-order valence-electron chi connectivity index (χ1n) is 11.8. The zero-order valence-corrected chi connectivity index (χ0v) is 20.2. The van der Waals surface area contributed by atoms with E-state index in [9.17, 15) is 23.5 Å². The monoisotopic (exact) mass is 518 g/mol. The summed E-state index contributed by atoms with van der Waals surface area (Å²) in [6.45, 7) is 0.688. The number of halogens is 2. The minimum atomic E-state index is -1.24. The number of aromatic nitrogens is 2. The Balaban J connectivity index is 1.59. The molecule has 0 aliphatic carbocycles. The van der Waals surface area contributed by atoms with E-state index in [1.807, 2.05) is 24.3 Å². The predicted octanol–water partition coefficient (Wildman–Crippen LogP) is 3.75. The quantitative estimate of drug-likeness (QED) is 0.353. The molecule has 0 bridgehead atoms. The van der Waals surface area contributed by atoms with E-state index in [0.29, 0.717) is 29.6 Å². The van der Waals surface area contributed by atoms with Crippen molar-refractivity contribution in [2.75, 3.05) is 18.8 Å². The third kappa shape index (κ3) is 4.71. The van der Waals surface area contributed by atoms with Gasteiger partial charge >= 0.3 is 6.09 Å². The number of anilines is 1. The molecule has 38 heavy (non-hydrogen) atoms. The van der Waals surface area contributed by atoms with Gasteiger partial charge in [0.05, 0.1) is 5.52 Å². The molecule has 1 aliphatic heterocycles. The molecule has 2 amide bonds. The molecule has 0 atom stereocenters. The number of nitrogen functional groups attached to an aromatic ring is 1. The van der Waals surface area contributed by atoms with Crippen LogP contribution in [0.3, 0.4) is 0 Å². The van der Waals surface area contributed by atoms with Crippen LogP contribution in [0.1, 0.15) is 27.2 Å². The standard InChI is InChI=1S/C27H24F2N6O3/c28-21-10-18(14-34(8-7-30)27(37)38)19(11-22(21)29)15-5-6-23-20(9-15)24(33-26(31)32-23)25(36)35-12-16-3-1-2-4-17(16)13-35/h1-6,9-11H,7-8,12-14,30H2,(H,37,38)(H2,31,32,33). The zero-order chi connectivity index (χ0) is 27.0. The Morgan fingerprint density at radius 1 is 1.00 bits per heavy atom. The lowest BCUT2D eigenvalue weighted by molar-refractivity contribution is 0.0747. The van der Waals surface area contributed by atoms with Gasteiger partial charge in [0, 0.05) is 38.1 Å². The summed E-state index contributed by atoms with van der Waals surface area (Å²) >= 11 is 0. The molecule has 4 aromatic rings. The number of carboxylic acid groups (broad SMARTS) is 1. The first-order chi connectivity index (χ1) is 18.2. The molecule has 5 rings (SSSR count). The number of nitrogens with two attached hydrogens (primary N) is 2. The van der Waals surface area contributed by atoms with Crippen LogP contribution in [-0.2, 0) is 19.6 Å². The van der Waals surface area contributed by atoms with Crippen molar-refractivity contribution < 1.29 is 23.5 Å². The molecule has 0 radical (unpaired) electrons. The molecular weight excluding hydrogens is 494 g/mol. The van der Waals surface area contributed by atoms with E-state index in [-0.39, 0.29) is 48.3 Å². The molecule has 0 unspecified atom stereocenters. The van der Waals surface area contributed by atoms with Crippen molar-refractivity contribution in [1.82, 2.24) is 19.8 Å². The van der Waals surface area contributed by atoms with E-state index in [4.69, 9.17) is 11.5 Å². The number of rotatable bonds is 6. The topological polar surface area (TPSA) is 139 Å². The Labute approximate surface area is 216 Å². The van der Waals surface area contributed by atoms with Crippen molar-refractivity contribution in [2.24, 2.45) is 5.73 Å². The van der Waals surface area contributed by atoms with Crippen molar-refractivity contribution in [3.63, 3.8) is 0 Å². The van der Waals surface area contributed by atoms with Crippen molar-refractivity contribution in [3.05, 3.63) is 88.6 Å². The van der Waals surface area contributed by atoms with Gasteiger partial charge in [0.25, 0.3) is 5.91 Å². The predicted molar refractivity (Wildman–Crippen MR) is 137 cm³/mol. The van der Waals surface area contributed by atoms with Gasteiger partial charge in [-0.05, 0) is 52.1 Å². The highest BCUT2D eigenvalue weighted by Crippen LogP contribution is 2.32.